The second-order valence-corrected chi connectivity index (χ2v) is 6.12. The van der Waals surface area contributed by atoms with E-state index in [2.05, 4.69) is 5.32 Å². The summed E-state index contributed by atoms with van der Waals surface area (Å²) in [6.07, 6.45) is 1.53. The maximum absolute atomic E-state index is 11.8. The van der Waals surface area contributed by atoms with Crippen molar-refractivity contribution in [1.82, 2.24) is 5.32 Å². The van der Waals surface area contributed by atoms with Crippen LogP contribution in [-0.2, 0) is 9.53 Å². The second-order valence-electron chi connectivity index (χ2n) is 6.12. The Balaban J connectivity index is 1.92. The van der Waals surface area contributed by atoms with Gasteiger partial charge in [-0.05, 0) is 39.0 Å². The monoisotopic (exact) mass is 212 g/mol. The van der Waals surface area contributed by atoms with Crippen LogP contribution in [0.5, 0.6) is 0 Å². The van der Waals surface area contributed by atoms with E-state index in [9.17, 15) is 4.79 Å². The second kappa shape index (κ2) is 2.95. The number of ether oxygens (including phenoxy) is 1. The van der Waals surface area contributed by atoms with Crippen LogP contribution < -0.4 is 11.1 Å². The molecule has 0 amide bonds. The molecule has 0 aromatic rings. The Kier molecular flexibility index (Phi) is 2.14. The molecule has 0 unspecified atom stereocenters. The maximum Gasteiger partial charge on any atom is 0.326 e. The molecule has 0 bridgehead atoms. The van der Waals surface area contributed by atoms with E-state index in [1.807, 2.05) is 20.8 Å². The number of rotatable bonds is 1. The highest BCUT2D eigenvalue weighted by Crippen LogP contribution is 2.50. The van der Waals surface area contributed by atoms with E-state index in [0.717, 1.165) is 25.9 Å². The highest BCUT2D eigenvalue weighted by atomic mass is 16.6. The van der Waals surface area contributed by atoms with E-state index in [4.69, 9.17) is 10.5 Å². The molecule has 0 radical (unpaired) electrons. The van der Waals surface area contributed by atoms with E-state index < -0.39 is 11.1 Å². The minimum absolute atomic E-state index is 0.243. The van der Waals surface area contributed by atoms with Gasteiger partial charge in [-0.2, -0.15) is 0 Å². The van der Waals surface area contributed by atoms with E-state index in [1.54, 1.807) is 0 Å². The molecule has 15 heavy (non-hydrogen) atoms. The number of carbonyl (C=O) groups is 1. The van der Waals surface area contributed by atoms with Crippen LogP contribution in [0.2, 0.25) is 0 Å². The molecule has 0 atom stereocenters. The molecule has 2 rings (SSSR count). The number of carbonyl (C=O) groups excluding carboxylic acids is 1. The van der Waals surface area contributed by atoms with Crippen LogP contribution in [0.15, 0.2) is 0 Å². The van der Waals surface area contributed by atoms with Gasteiger partial charge in [0.15, 0.2) is 0 Å². The summed E-state index contributed by atoms with van der Waals surface area (Å²) in [4.78, 5) is 11.8. The van der Waals surface area contributed by atoms with E-state index in [-0.39, 0.29) is 5.97 Å². The largest absolute Gasteiger partial charge is 0.459 e. The molecular formula is C11H20N2O2. The van der Waals surface area contributed by atoms with Crippen molar-refractivity contribution in [2.24, 2.45) is 11.1 Å². The van der Waals surface area contributed by atoms with E-state index >= 15 is 0 Å². The number of esters is 1. The van der Waals surface area contributed by atoms with Crippen LogP contribution in [0.3, 0.4) is 0 Å². The maximum atomic E-state index is 11.8. The molecule has 86 valence electrons. The van der Waals surface area contributed by atoms with Crippen molar-refractivity contribution < 1.29 is 9.53 Å². The molecular weight excluding hydrogens is 192 g/mol. The summed E-state index contributed by atoms with van der Waals surface area (Å²) >= 11 is 0. The Labute approximate surface area is 90.5 Å². The van der Waals surface area contributed by atoms with Crippen molar-refractivity contribution >= 4 is 5.97 Å². The summed E-state index contributed by atoms with van der Waals surface area (Å²) in [7, 11) is 0. The lowest BCUT2D eigenvalue weighted by Crippen LogP contribution is -2.73. The first-order valence-electron chi connectivity index (χ1n) is 5.48. The fraction of sp³-hybridized carbons (Fsp3) is 0.909. The molecule has 2 fully saturated rings. The molecule has 1 spiro atoms. The summed E-state index contributed by atoms with van der Waals surface area (Å²) in [5, 5.41) is 3.22. The van der Waals surface area contributed by atoms with Gasteiger partial charge >= 0.3 is 5.97 Å². The predicted molar refractivity (Wildman–Crippen MR) is 57.3 cm³/mol. The van der Waals surface area contributed by atoms with Gasteiger partial charge in [0.1, 0.15) is 11.1 Å². The normalized spacial score (nSPS) is 26.7. The van der Waals surface area contributed by atoms with Gasteiger partial charge in [0.25, 0.3) is 0 Å². The zero-order valence-corrected chi connectivity index (χ0v) is 9.72. The topological polar surface area (TPSA) is 64.3 Å². The Bertz CT molecular complexity index is 281. The van der Waals surface area contributed by atoms with Gasteiger partial charge < -0.3 is 15.8 Å². The summed E-state index contributed by atoms with van der Waals surface area (Å²) in [5.74, 6) is -0.243. The third kappa shape index (κ3) is 1.88. The summed E-state index contributed by atoms with van der Waals surface area (Å²) in [6, 6.07) is 0. The third-order valence-electron chi connectivity index (χ3n) is 3.19. The quantitative estimate of drug-likeness (QED) is 0.618. The van der Waals surface area contributed by atoms with Crippen LogP contribution in [-0.4, -0.2) is 30.2 Å². The van der Waals surface area contributed by atoms with Crippen LogP contribution >= 0.6 is 0 Å². The van der Waals surface area contributed by atoms with Gasteiger partial charge in [0, 0.05) is 13.1 Å². The molecule has 1 heterocycles. The van der Waals surface area contributed by atoms with E-state index in [1.165, 1.54) is 0 Å². The average Bonchev–Trinajstić information content (AvgIpc) is 1.91. The van der Waals surface area contributed by atoms with Gasteiger partial charge in [-0.1, -0.05) is 0 Å². The van der Waals surface area contributed by atoms with Crippen molar-refractivity contribution in [2.45, 2.75) is 44.8 Å². The first kappa shape index (κ1) is 10.9. The summed E-state index contributed by atoms with van der Waals surface area (Å²) in [5.41, 5.74) is 5.17. The van der Waals surface area contributed by atoms with E-state index in [0.29, 0.717) is 5.41 Å². The van der Waals surface area contributed by atoms with Crippen molar-refractivity contribution in [1.29, 1.82) is 0 Å². The lowest BCUT2D eigenvalue weighted by atomic mass is 9.54. The minimum Gasteiger partial charge on any atom is -0.459 e. The van der Waals surface area contributed by atoms with Gasteiger partial charge in [0.05, 0.1) is 0 Å². The van der Waals surface area contributed by atoms with Gasteiger partial charge in [0.2, 0.25) is 0 Å². The van der Waals surface area contributed by atoms with Crippen molar-refractivity contribution in [3.63, 3.8) is 0 Å². The molecule has 1 aliphatic carbocycles. The first-order chi connectivity index (χ1) is 6.75. The zero-order chi connectivity index (χ0) is 11.3. The summed E-state index contributed by atoms with van der Waals surface area (Å²) < 4.78 is 5.32. The van der Waals surface area contributed by atoms with Crippen molar-refractivity contribution in [2.75, 3.05) is 13.1 Å². The zero-order valence-electron chi connectivity index (χ0n) is 9.72. The molecule has 0 aromatic carbocycles. The highest BCUT2D eigenvalue weighted by molar-refractivity contribution is 5.82. The number of hydrogen-bond acceptors (Lipinski definition) is 4. The molecule has 1 aliphatic heterocycles. The summed E-state index contributed by atoms with van der Waals surface area (Å²) in [6.45, 7) is 7.60. The fourth-order valence-electron chi connectivity index (χ4n) is 2.54. The first-order valence-corrected chi connectivity index (χ1v) is 5.48. The minimum atomic E-state index is -0.727. The molecule has 1 saturated carbocycles. The number of nitrogens with two attached hydrogens (primary N) is 1. The lowest BCUT2D eigenvalue weighted by molar-refractivity contribution is -0.174. The molecule has 0 aromatic heterocycles. The number of hydrogen-bond donors (Lipinski definition) is 2. The molecule has 2 aliphatic rings. The Morgan fingerprint density at radius 3 is 2.20 bits per heavy atom. The van der Waals surface area contributed by atoms with Crippen molar-refractivity contribution in [3.8, 4) is 0 Å². The van der Waals surface area contributed by atoms with Gasteiger partial charge in [-0.15, -0.1) is 0 Å². The third-order valence-corrected chi connectivity index (χ3v) is 3.19. The SMILES string of the molecule is CC(C)(C)OC(=O)C1(N)CC2(CNC2)C1. The standard InChI is InChI=1S/C11H20N2O2/c1-9(2,3)15-8(14)11(12)4-10(5-11)6-13-7-10/h13H,4-7,12H2,1-3H3. The fourth-order valence-corrected chi connectivity index (χ4v) is 2.54. The van der Waals surface area contributed by atoms with Gasteiger partial charge in [-0.3, -0.25) is 4.79 Å². The average molecular weight is 212 g/mol. The highest BCUT2D eigenvalue weighted by Gasteiger charge is 2.60. The lowest BCUT2D eigenvalue weighted by Gasteiger charge is -2.58. The Morgan fingerprint density at radius 2 is 1.87 bits per heavy atom. The van der Waals surface area contributed by atoms with Crippen LogP contribution in [0, 0.1) is 5.41 Å². The Hall–Kier alpha value is -0.610. The van der Waals surface area contributed by atoms with Crippen LogP contribution in [0.1, 0.15) is 33.6 Å². The number of nitrogens with one attached hydrogen (secondary N) is 1. The van der Waals surface area contributed by atoms with Gasteiger partial charge in [-0.25, -0.2) is 0 Å². The van der Waals surface area contributed by atoms with Crippen LogP contribution in [0.4, 0.5) is 0 Å². The molecule has 1 saturated heterocycles. The molecule has 4 nitrogen and oxygen atoms in total. The Morgan fingerprint density at radius 1 is 1.33 bits per heavy atom. The molecule has 3 N–H and O–H groups in total. The van der Waals surface area contributed by atoms with Crippen LogP contribution in [0.25, 0.3) is 0 Å². The predicted octanol–water partition coefficient (Wildman–Crippen LogP) is 0.409. The smallest absolute Gasteiger partial charge is 0.326 e. The molecule has 4 heteroatoms. The van der Waals surface area contributed by atoms with Crippen molar-refractivity contribution in [3.05, 3.63) is 0 Å².